The number of nitrogens with two attached hydrogens (primary N) is 1. The van der Waals surface area contributed by atoms with Gasteiger partial charge in [0.15, 0.2) is 11.5 Å². The molecule has 1 atom stereocenters. The Morgan fingerprint density at radius 2 is 1.63 bits per heavy atom. The van der Waals surface area contributed by atoms with Crippen molar-refractivity contribution in [1.29, 1.82) is 0 Å². The van der Waals surface area contributed by atoms with Crippen molar-refractivity contribution < 1.29 is 32.1 Å². The molecule has 0 saturated carbocycles. The van der Waals surface area contributed by atoms with Crippen molar-refractivity contribution in [2.75, 3.05) is 6.61 Å². The first-order chi connectivity index (χ1) is 8.68. The van der Waals surface area contributed by atoms with Crippen LogP contribution in [0.25, 0.3) is 0 Å². The Labute approximate surface area is 113 Å². The molecule has 1 aliphatic heterocycles. The highest BCUT2D eigenvalue weighted by Gasteiger charge is 2.66. The molecule has 19 heavy (non-hydrogen) atoms. The van der Waals surface area contributed by atoms with Crippen molar-refractivity contribution in [2.24, 2.45) is 5.73 Å². The van der Waals surface area contributed by atoms with E-state index in [0.717, 1.165) is 12.1 Å². The molecule has 1 aliphatic rings. The smallest absolute Gasteiger partial charge is 0.421 e. The Hall–Kier alpha value is -1.06. The van der Waals surface area contributed by atoms with Crippen LogP contribution in [0.15, 0.2) is 16.6 Å². The molecular weight excluding hydrogens is 338 g/mol. The van der Waals surface area contributed by atoms with Gasteiger partial charge < -0.3 is 20.3 Å². The molecule has 2 rings (SSSR count). The highest BCUT2D eigenvalue weighted by molar-refractivity contribution is 9.10. The Kier molecular flexibility index (Phi) is 3.40. The topological polar surface area (TPSA) is 64.7 Å². The summed E-state index contributed by atoms with van der Waals surface area (Å²) < 4.78 is 60.0. The van der Waals surface area contributed by atoms with Crippen LogP contribution in [0.4, 0.5) is 17.6 Å². The van der Waals surface area contributed by atoms with Gasteiger partial charge in [-0.05, 0) is 17.7 Å². The number of halogens is 5. The van der Waals surface area contributed by atoms with E-state index in [-0.39, 0.29) is 10.0 Å². The van der Waals surface area contributed by atoms with Crippen LogP contribution >= 0.6 is 15.9 Å². The van der Waals surface area contributed by atoms with Crippen LogP contribution in [-0.2, 0) is 0 Å². The number of fused-ring (bicyclic) bond motifs is 1. The molecule has 1 unspecified atom stereocenters. The maximum atomic E-state index is 13.0. The third kappa shape index (κ3) is 2.37. The second kappa shape index (κ2) is 4.50. The van der Waals surface area contributed by atoms with Crippen LogP contribution in [0, 0.1) is 0 Å². The molecule has 9 heteroatoms. The zero-order chi connectivity index (χ0) is 14.4. The summed E-state index contributed by atoms with van der Waals surface area (Å²) in [5, 5.41) is 8.92. The van der Waals surface area contributed by atoms with Gasteiger partial charge in [0.25, 0.3) is 0 Å². The Balaban J connectivity index is 2.48. The van der Waals surface area contributed by atoms with Gasteiger partial charge >= 0.3 is 12.2 Å². The van der Waals surface area contributed by atoms with E-state index in [0.29, 0.717) is 0 Å². The molecule has 0 bridgehead atoms. The minimum absolute atomic E-state index is 0.228. The van der Waals surface area contributed by atoms with E-state index in [1.807, 2.05) is 0 Å². The van der Waals surface area contributed by atoms with Gasteiger partial charge in [-0.3, -0.25) is 0 Å². The lowest BCUT2D eigenvalue weighted by Crippen LogP contribution is -2.52. The first-order valence-electron chi connectivity index (χ1n) is 5.01. The number of hydrogen-bond acceptors (Lipinski definition) is 4. The molecular formula is C10H8BrF4NO3. The van der Waals surface area contributed by atoms with Crippen molar-refractivity contribution in [3.05, 3.63) is 22.2 Å². The van der Waals surface area contributed by atoms with Crippen molar-refractivity contribution in [1.82, 2.24) is 0 Å². The van der Waals surface area contributed by atoms with Gasteiger partial charge in [0.1, 0.15) is 0 Å². The lowest BCUT2D eigenvalue weighted by atomic mass is 10.1. The van der Waals surface area contributed by atoms with Crippen molar-refractivity contribution in [3.63, 3.8) is 0 Å². The third-order valence-corrected chi connectivity index (χ3v) is 3.16. The summed E-state index contributed by atoms with van der Waals surface area (Å²) in [7, 11) is 0. The number of aliphatic hydroxyl groups excluding tert-OH is 1. The monoisotopic (exact) mass is 345 g/mol. The lowest BCUT2D eigenvalue weighted by Gasteiger charge is -2.32. The van der Waals surface area contributed by atoms with Crippen molar-refractivity contribution in [3.8, 4) is 11.5 Å². The highest BCUT2D eigenvalue weighted by Crippen LogP contribution is 2.48. The van der Waals surface area contributed by atoms with Crippen LogP contribution in [0.3, 0.4) is 0 Å². The number of rotatable bonds is 2. The zero-order valence-electron chi connectivity index (χ0n) is 9.17. The molecule has 1 heterocycles. The standard InChI is InChI=1S/C10H8BrF4NO3/c11-5-2-8-7(1-4(5)6(16)3-17)18-9(12,13)10(14,15)19-8/h1-2,6,17H,3,16H2. The maximum absolute atomic E-state index is 13.0. The van der Waals surface area contributed by atoms with Crippen LogP contribution in [0.1, 0.15) is 11.6 Å². The number of hydrogen-bond donors (Lipinski definition) is 2. The minimum Gasteiger partial charge on any atom is -0.421 e. The molecule has 0 aromatic heterocycles. The SMILES string of the molecule is NC(CO)c1cc2c(cc1Br)OC(F)(F)C(F)(F)O2. The molecule has 0 amide bonds. The van der Waals surface area contributed by atoms with E-state index < -0.39 is 36.4 Å². The van der Waals surface area contributed by atoms with E-state index in [1.165, 1.54) is 0 Å². The summed E-state index contributed by atoms with van der Waals surface area (Å²) in [6.45, 7) is -0.454. The van der Waals surface area contributed by atoms with Gasteiger partial charge in [-0.2, -0.15) is 17.6 Å². The summed E-state index contributed by atoms with van der Waals surface area (Å²) in [5.74, 6) is -1.12. The molecule has 106 valence electrons. The third-order valence-electron chi connectivity index (χ3n) is 2.47. The number of alkyl halides is 4. The van der Waals surface area contributed by atoms with E-state index in [1.54, 1.807) is 0 Å². The van der Waals surface area contributed by atoms with E-state index in [9.17, 15) is 17.6 Å². The summed E-state index contributed by atoms with van der Waals surface area (Å²) in [6, 6.07) is 1.17. The van der Waals surface area contributed by atoms with Crippen molar-refractivity contribution in [2.45, 2.75) is 18.3 Å². The van der Waals surface area contributed by atoms with E-state index in [2.05, 4.69) is 25.4 Å². The first kappa shape index (κ1) is 14.4. The number of ether oxygens (including phenoxy) is 2. The van der Waals surface area contributed by atoms with Gasteiger partial charge in [0.2, 0.25) is 0 Å². The predicted molar refractivity (Wildman–Crippen MR) is 59.3 cm³/mol. The van der Waals surface area contributed by atoms with Gasteiger partial charge in [-0.1, -0.05) is 15.9 Å². The van der Waals surface area contributed by atoms with E-state index in [4.69, 9.17) is 10.8 Å². The van der Waals surface area contributed by atoms with Crippen LogP contribution in [-0.4, -0.2) is 23.9 Å². The first-order valence-corrected chi connectivity index (χ1v) is 5.81. The Morgan fingerprint density at radius 3 is 2.11 bits per heavy atom. The Bertz CT molecular complexity index is 512. The van der Waals surface area contributed by atoms with Gasteiger partial charge in [-0.25, -0.2) is 0 Å². The molecule has 4 nitrogen and oxygen atoms in total. The maximum Gasteiger partial charge on any atom is 0.507 e. The minimum atomic E-state index is -4.78. The summed E-state index contributed by atoms with van der Waals surface area (Å²) >= 11 is 3.02. The molecule has 0 saturated heterocycles. The molecule has 0 radical (unpaired) electrons. The molecule has 1 aromatic rings. The molecule has 1 aromatic carbocycles. The zero-order valence-corrected chi connectivity index (χ0v) is 10.8. The quantitative estimate of drug-likeness (QED) is 0.808. The summed E-state index contributed by atoms with van der Waals surface area (Å²) in [5.41, 5.74) is 5.76. The molecule has 0 fully saturated rings. The van der Waals surface area contributed by atoms with Crippen LogP contribution in [0.2, 0.25) is 0 Å². The number of aliphatic hydroxyl groups is 1. The lowest BCUT2D eigenvalue weighted by molar-refractivity contribution is -0.391. The van der Waals surface area contributed by atoms with Crippen LogP contribution < -0.4 is 15.2 Å². The van der Waals surface area contributed by atoms with Crippen molar-refractivity contribution >= 4 is 15.9 Å². The molecule has 0 aliphatic carbocycles. The Morgan fingerprint density at radius 1 is 1.16 bits per heavy atom. The highest BCUT2D eigenvalue weighted by atomic mass is 79.9. The normalized spacial score (nSPS) is 21.0. The average Bonchev–Trinajstić information content (AvgIpc) is 2.29. The average molecular weight is 346 g/mol. The molecule has 3 N–H and O–H groups in total. The second-order valence-corrected chi connectivity index (χ2v) is 4.70. The summed E-state index contributed by atoms with van der Waals surface area (Å²) in [6.07, 6.45) is -9.55. The van der Waals surface area contributed by atoms with Gasteiger partial charge in [0, 0.05) is 4.47 Å². The van der Waals surface area contributed by atoms with E-state index >= 15 is 0 Å². The predicted octanol–water partition coefficient (Wildman–Crippen LogP) is 2.40. The second-order valence-electron chi connectivity index (χ2n) is 3.85. The largest absolute Gasteiger partial charge is 0.507 e. The fraction of sp³-hybridized carbons (Fsp3) is 0.400. The fourth-order valence-electron chi connectivity index (χ4n) is 1.49. The van der Waals surface area contributed by atoms with Crippen LogP contribution in [0.5, 0.6) is 11.5 Å². The van der Waals surface area contributed by atoms with Gasteiger partial charge in [0.05, 0.1) is 12.6 Å². The fourth-order valence-corrected chi connectivity index (χ4v) is 2.10. The summed E-state index contributed by atoms with van der Waals surface area (Å²) in [4.78, 5) is 0. The van der Waals surface area contributed by atoms with Gasteiger partial charge in [-0.15, -0.1) is 0 Å². The molecule has 0 spiro atoms. The number of benzene rings is 1.